The summed E-state index contributed by atoms with van der Waals surface area (Å²) < 4.78 is 31.7. The van der Waals surface area contributed by atoms with E-state index in [9.17, 15) is 24.8 Å². The number of halogens is 1. The van der Waals surface area contributed by atoms with Crippen LogP contribution in [-0.2, 0) is 9.47 Å². The number of nitriles is 1. The average molecular weight is 598 g/mol. The highest BCUT2D eigenvalue weighted by atomic mass is 19.1. The first-order valence-corrected chi connectivity index (χ1v) is 14.3. The van der Waals surface area contributed by atoms with Crippen molar-refractivity contribution in [2.75, 3.05) is 33.4 Å². The van der Waals surface area contributed by atoms with Gasteiger partial charge in [0.2, 0.25) is 0 Å². The van der Waals surface area contributed by atoms with Crippen molar-refractivity contribution >= 4 is 18.0 Å². The molecular formula is C32H40FN3O7. The molecule has 1 saturated heterocycles. The van der Waals surface area contributed by atoms with E-state index in [0.717, 1.165) is 12.1 Å². The van der Waals surface area contributed by atoms with E-state index in [0.29, 0.717) is 32.4 Å². The van der Waals surface area contributed by atoms with Gasteiger partial charge in [0.05, 0.1) is 35.4 Å². The number of ether oxygens (including phenoxy) is 3. The molecule has 0 bridgehead atoms. The van der Waals surface area contributed by atoms with E-state index >= 15 is 4.39 Å². The Balaban J connectivity index is 2.06. The van der Waals surface area contributed by atoms with Crippen LogP contribution >= 0.6 is 0 Å². The Morgan fingerprint density at radius 3 is 2.49 bits per heavy atom. The number of methoxy groups -OCH3 is 1. The Morgan fingerprint density at radius 1 is 1.16 bits per heavy atom. The third kappa shape index (κ3) is 8.45. The van der Waals surface area contributed by atoms with Gasteiger partial charge in [-0.1, -0.05) is 0 Å². The molecule has 2 amide bonds. The Kier molecular flexibility index (Phi) is 11.1. The topological polar surface area (TPSA) is 129 Å². The molecule has 0 aliphatic carbocycles. The fourth-order valence-electron chi connectivity index (χ4n) is 5.06. The molecule has 10 nitrogen and oxygen atoms in total. The maximum atomic E-state index is 15.0. The summed E-state index contributed by atoms with van der Waals surface area (Å²) in [5, 5.41) is 19.6. The number of carboxylic acid groups (broad SMARTS) is 1. The highest BCUT2D eigenvalue weighted by molar-refractivity contribution is 5.99. The van der Waals surface area contributed by atoms with E-state index in [1.54, 1.807) is 37.7 Å². The first-order chi connectivity index (χ1) is 20.3. The highest BCUT2D eigenvalue weighted by Crippen LogP contribution is 2.36. The summed E-state index contributed by atoms with van der Waals surface area (Å²) in [5.74, 6) is -2.25. The summed E-state index contributed by atoms with van der Waals surface area (Å²) in [6.07, 6.45) is 1.36. The van der Waals surface area contributed by atoms with Crippen LogP contribution in [0, 0.1) is 17.1 Å². The number of benzene rings is 2. The summed E-state index contributed by atoms with van der Waals surface area (Å²) in [6, 6.07) is 7.57. The minimum absolute atomic E-state index is 0.0187. The van der Waals surface area contributed by atoms with E-state index in [1.165, 1.54) is 18.2 Å². The molecule has 2 aromatic carbocycles. The standard InChI is InChI=1S/C32H40FN3O7/c1-20(2)36(23-9-7-12-35(19-23)31(40)43-32(3,4)5)29(37)24-17-28(42-14-8-13-41-6)26(16-22(24)18-34)25-15-21(30(38)39)10-11-27(25)33/h10-11,15-17,20,23H,7-9,12-14,19H2,1-6H3,(H,38,39)/t23-/m1/s1. The maximum Gasteiger partial charge on any atom is 0.410 e. The summed E-state index contributed by atoms with van der Waals surface area (Å²) >= 11 is 0. The summed E-state index contributed by atoms with van der Waals surface area (Å²) in [6.45, 7) is 10.4. The number of nitrogens with zero attached hydrogens (tertiary/aromatic N) is 3. The number of rotatable bonds is 10. The zero-order chi connectivity index (χ0) is 31.9. The van der Waals surface area contributed by atoms with Gasteiger partial charge in [-0.05, 0) is 77.8 Å². The number of aromatic carboxylic acids is 1. The lowest BCUT2D eigenvalue weighted by molar-refractivity contribution is 0.00751. The molecule has 0 unspecified atom stereocenters. The normalized spacial score (nSPS) is 15.1. The largest absolute Gasteiger partial charge is 0.493 e. The SMILES string of the molecule is COCCCOc1cc(C(=O)N(C(C)C)[C@@H]2CCCN(C(=O)OC(C)(C)C)C2)c(C#N)cc1-c1cc(C(=O)O)ccc1F. The van der Waals surface area contributed by atoms with Crippen molar-refractivity contribution in [3.05, 3.63) is 52.8 Å². The molecule has 1 aliphatic rings. The van der Waals surface area contributed by atoms with Crippen molar-refractivity contribution in [3.63, 3.8) is 0 Å². The second-order valence-corrected chi connectivity index (χ2v) is 11.7. The quantitative estimate of drug-likeness (QED) is 0.344. The minimum atomic E-state index is -1.24. The fourth-order valence-corrected chi connectivity index (χ4v) is 5.06. The van der Waals surface area contributed by atoms with Gasteiger partial charge >= 0.3 is 12.1 Å². The van der Waals surface area contributed by atoms with Gasteiger partial charge in [0.25, 0.3) is 5.91 Å². The van der Waals surface area contributed by atoms with Gasteiger partial charge in [-0.3, -0.25) is 4.79 Å². The van der Waals surface area contributed by atoms with Crippen LogP contribution in [0.3, 0.4) is 0 Å². The lowest BCUT2D eigenvalue weighted by Gasteiger charge is -2.41. The summed E-state index contributed by atoms with van der Waals surface area (Å²) in [7, 11) is 1.55. The molecule has 0 aromatic heterocycles. The lowest BCUT2D eigenvalue weighted by atomic mass is 9.94. The van der Waals surface area contributed by atoms with Crippen molar-refractivity contribution in [2.24, 2.45) is 0 Å². The molecule has 1 atom stereocenters. The van der Waals surface area contributed by atoms with Crippen molar-refractivity contribution < 1.29 is 38.1 Å². The molecule has 1 fully saturated rings. The first-order valence-electron chi connectivity index (χ1n) is 14.3. The molecule has 0 saturated carbocycles. The van der Waals surface area contributed by atoms with Gasteiger partial charge in [-0.25, -0.2) is 14.0 Å². The van der Waals surface area contributed by atoms with Gasteiger partial charge in [-0.2, -0.15) is 5.26 Å². The number of carbonyl (C=O) groups is 3. The van der Waals surface area contributed by atoms with Crippen LogP contribution in [-0.4, -0.2) is 84.0 Å². The third-order valence-corrected chi connectivity index (χ3v) is 6.96. The predicted octanol–water partition coefficient (Wildman–Crippen LogP) is 5.73. The zero-order valence-corrected chi connectivity index (χ0v) is 25.6. The van der Waals surface area contributed by atoms with Crippen LogP contribution in [0.5, 0.6) is 5.75 Å². The molecular weight excluding hydrogens is 557 g/mol. The van der Waals surface area contributed by atoms with Crippen molar-refractivity contribution in [1.82, 2.24) is 9.80 Å². The van der Waals surface area contributed by atoms with Crippen LogP contribution in [0.4, 0.5) is 9.18 Å². The number of carboxylic acids is 1. The number of carbonyl (C=O) groups excluding carboxylic acids is 2. The second-order valence-electron chi connectivity index (χ2n) is 11.7. The Bertz CT molecular complexity index is 1380. The number of amides is 2. The average Bonchev–Trinajstić information content (AvgIpc) is 2.94. The van der Waals surface area contributed by atoms with Crippen molar-refractivity contribution in [2.45, 2.75) is 71.6 Å². The smallest absolute Gasteiger partial charge is 0.410 e. The molecule has 1 aliphatic heterocycles. The maximum absolute atomic E-state index is 15.0. The van der Waals surface area contributed by atoms with E-state index in [2.05, 4.69) is 6.07 Å². The van der Waals surface area contributed by atoms with Crippen LogP contribution in [0.2, 0.25) is 0 Å². The number of hydrogen-bond donors (Lipinski definition) is 1. The molecule has 232 valence electrons. The number of hydrogen-bond acceptors (Lipinski definition) is 7. The monoisotopic (exact) mass is 597 g/mol. The number of likely N-dealkylation sites (tertiary alicyclic amines) is 1. The molecule has 1 N–H and O–H groups in total. The highest BCUT2D eigenvalue weighted by Gasteiger charge is 2.35. The van der Waals surface area contributed by atoms with Gasteiger partial charge in [0.1, 0.15) is 17.2 Å². The molecule has 43 heavy (non-hydrogen) atoms. The van der Waals surface area contributed by atoms with E-state index in [-0.39, 0.29) is 58.8 Å². The molecule has 3 rings (SSSR count). The van der Waals surface area contributed by atoms with Crippen LogP contribution < -0.4 is 4.74 Å². The van der Waals surface area contributed by atoms with Crippen LogP contribution in [0.1, 0.15) is 80.2 Å². The molecule has 2 aromatic rings. The first kappa shape index (κ1) is 33.3. The predicted molar refractivity (Wildman–Crippen MR) is 158 cm³/mol. The number of piperidine rings is 1. The van der Waals surface area contributed by atoms with E-state index < -0.39 is 29.4 Å². The van der Waals surface area contributed by atoms with Gasteiger partial charge in [-0.15, -0.1) is 0 Å². The molecule has 1 heterocycles. The Morgan fingerprint density at radius 2 is 1.88 bits per heavy atom. The van der Waals surface area contributed by atoms with Gasteiger partial charge in [0.15, 0.2) is 0 Å². The lowest BCUT2D eigenvalue weighted by Crippen LogP contribution is -2.54. The minimum Gasteiger partial charge on any atom is -0.493 e. The van der Waals surface area contributed by atoms with Gasteiger partial charge in [0, 0.05) is 50.4 Å². The third-order valence-electron chi connectivity index (χ3n) is 6.96. The zero-order valence-electron chi connectivity index (χ0n) is 25.6. The Labute approximate surface area is 251 Å². The van der Waals surface area contributed by atoms with Crippen LogP contribution in [0.25, 0.3) is 11.1 Å². The van der Waals surface area contributed by atoms with Crippen molar-refractivity contribution in [3.8, 4) is 22.9 Å². The second kappa shape index (κ2) is 14.3. The van der Waals surface area contributed by atoms with Crippen molar-refractivity contribution in [1.29, 1.82) is 5.26 Å². The summed E-state index contributed by atoms with van der Waals surface area (Å²) in [5.41, 5.74) is -0.683. The molecule has 0 radical (unpaired) electrons. The van der Waals surface area contributed by atoms with E-state index in [4.69, 9.17) is 14.2 Å². The fraction of sp³-hybridized carbons (Fsp3) is 0.500. The Hall–Kier alpha value is -4.17. The molecule has 0 spiro atoms. The summed E-state index contributed by atoms with van der Waals surface area (Å²) in [4.78, 5) is 41.9. The molecule has 11 heteroatoms. The van der Waals surface area contributed by atoms with Crippen LogP contribution in [0.15, 0.2) is 30.3 Å². The van der Waals surface area contributed by atoms with E-state index in [1.807, 2.05) is 13.8 Å². The van der Waals surface area contributed by atoms with Gasteiger partial charge < -0.3 is 29.1 Å².